The first-order valence-electron chi connectivity index (χ1n) is 11.7. The smallest absolute Gasteiger partial charge is 0.264 e. The average Bonchev–Trinajstić information content (AvgIpc) is 3.21. The van der Waals surface area contributed by atoms with Crippen LogP contribution in [0.5, 0.6) is 11.5 Å². The first kappa shape index (κ1) is 26.5. The third kappa shape index (κ3) is 6.61. The number of thioether (sulfide) groups is 1. The Labute approximate surface area is 225 Å². The predicted molar refractivity (Wildman–Crippen MR) is 149 cm³/mol. The third-order valence-electron chi connectivity index (χ3n) is 5.52. The summed E-state index contributed by atoms with van der Waals surface area (Å²) >= 11 is 7.46. The van der Waals surface area contributed by atoms with Crippen LogP contribution in [0.15, 0.2) is 77.1 Å². The molecular formula is C29H26ClFN2O3S. The Kier molecular flexibility index (Phi) is 8.69. The molecule has 1 fully saturated rings. The normalized spacial score (nSPS) is 15.2. The summed E-state index contributed by atoms with van der Waals surface area (Å²) in [7, 11) is 0. The Balaban J connectivity index is 1.63. The van der Waals surface area contributed by atoms with Gasteiger partial charge in [-0.25, -0.2) is 9.38 Å². The number of benzene rings is 3. The number of hydrogen-bond donors (Lipinski definition) is 1. The van der Waals surface area contributed by atoms with Crippen LogP contribution in [0.1, 0.15) is 29.2 Å². The maximum absolute atomic E-state index is 13.3. The molecule has 0 aromatic heterocycles. The number of amidine groups is 1. The lowest BCUT2D eigenvalue weighted by Crippen LogP contribution is -2.19. The summed E-state index contributed by atoms with van der Waals surface area (Å²) in [4.78, 5) is 17.8. The van der Waals surface area contributed by atoms with Gasteiger partial charge in [0, 0.05) is 10.6 Å². The van der Waals surface area contributed by atoms with Crippen molar-refractivity contribution in [3.05, 3.63) is 105 Å². The van der Waals surface area contributed by atoms with Gasteiger partial charge in [-0.3, -0.25) is 4.79 Å². The van der Waals surface area contributed by atoms with Gasteiger partial charge in [0.25, 0.3) is 5.91 Å². The van der Waals surface area contributed by atoms with Crippen LogP contribution in [0.2, 0.25) is 5.02 Å². The van der Waals surface area contributed by atoms with E-state index in [2.05, 4.69) is 16.9 Å². The van der Waals surface area contributed by atoms with E-state index in [-0.39, 0.29) is 18.3 Å². The van der Waals surface area contributed by atoms with E-state index in [4.69, 9.17) is 21.1 Å². The molecule has 1 aliphatic rings. The van der Waals surface area contributed by atoms with E-state index in [1.54, 1.807) is 30.4 Å². The van der Waals surface area contributed by atoms with Crippen molar-refractivity contribution in [2.45, 2.75) is 26.9 Å². The highest BCUT2D eigenvalue weighted by Crippen LogP contribution is 2.37. The molecule has 1 heterocycles. The summed E-state index contributed by atoms with van der Waals surface area (Å²) in [6.45, 7) is 8.33. The Hall–Kier alpha value is -3.55. The fraction of sp³-hybridized carbons (Fsp3) is 0.172. The van der Waals surface area contributed by atoms with Crippen molar-refractivity contribution in [3.8, 4) is 11.5 Å². The van der Waals surface area contributed by atoms with Crippen LogP contribution in [0.3, 0.4) is 0 Å². The summed E-state index contributed by atoms with van der Waals surface area (Å²) in [5, 5.41) is 3.92. The summed E-state index contributed by atoms with van der Waals surface area (Å²) in [5.41, 5.74) is 4.02. The molecule has 37 heavy (non-hydrogen) atoms. The van der Waals surface area contributed by atoms with Gasteiger partial charge in [-0.2, -0.15) is 0 Å². The fourth-order valence-electron chi connectivity index (χ4n) is 3.70. The van der Waals surface area contributed by atoms with Gasteiger partial charge in [-0.05, 0) is 91.2 Å². The van der Waals surface area contributed by atoms with Crippen molar-refractivity contribution >= 4 is 46.2 Å². The largest absolute Gasteiger partial charge is 0.490 e. The number of rotatable bonds is 9. The highest BCUT2D eigenvalue weighted by Gasteiger charge is 2.24. The number of nitrogens with one attached hydrogen (secondary N) is 1. The molecular weight excluding hydrogens is 511 g/mol. The van der Waals surface area contributed by atoms with Gasteiger partial charge >= 0.3 is 0 Å². The topological polar surface area (TPSA) is 59.9 Å². The Morgan fingerprint density at radius 3 is 2.68 bits per heavy atom. The molecule has 5 nitrogen and oxygen atoms in total. The number of aliphatic imine (C=N–C) groups is 1. The quantitative estimate of drug-likeness (QED) is 0.229. The lowest BCUT2D eigenvalue weighted by Gasteiger charge is -2.17. The van der Waals surface area contributed by atoms with Crippen LogP contribution < -0.4 is 14.8 Å². The molecule has 3 aromatic rings. The number of amides is 1. The molecule has 0 saturated carbocycles. The summed E-state index contributed by atoms with van der Waals surface area (Å²) in [6, 6.07) is 15.4. The number of hydrogen-bond acceptors (Lipinski definition) is 5. The zero-order valence-corrected chi connectivity index (χ0v) is 22.1. The van der Waals surface area contributed by atoms with E-state index < -0.39 is 0 Å². The SMILES string of the molecule is C=CCc1cc(/C=C2/SC(=Nc3cccc(Cl)c3C)NC2=O)cc(OCC)c1OCc1ccc(F)cc1. The number of nitrogens with zero attached hydrogens (tertiary/aromatic N) is 1. The standard InChI is InChI=1S/C29H26ClFN2O3S/c1-4-7-21-14-20(15-25(35-5-2)27(21)36-17-19-10-12-22(31)13-11-19)16-26-28(34)33-29(37-26)32-24-9-6-8-23(30)18(24)3/h4,6,8-16H,1,5,7,17H2,2-3H3,(H,32,33,34)/b26-16+. The second-order valence-electron chi connectivity index (χ2n) is 8.21. The Bertz CT molecular complexity index is 1390. The van der Waals surface area contributed by atoms with E-state index >= 15 is 0 Å². The lowest BCUT2D eigenvalue weighted by molar-refractivity contribution is -0.115. The highest BCUT2D eigenvalue weighted by atomic mass is 35.5. The molecule has 0 atom stereocenters. The van der Waals surface area contributed by atoms with E-state index in [0.717, 1.165) is 22.3 Å². The molecule has 0 unspecified atom stereocenters. The maximum atomic E-state index is 13.3. The molecule has 1 aliphatic heterocycles. The van der Waals surface area contributed by atoms with E-state index in [0.29, 0.717) is 45.3 Å². The number of carbonyl (C=O) groups is 1. The monoisotopic (exact) mass is 536 g/mol. The van der Waals surface area contributed by atoms with Crippen molar-refractivity contribution in [2.75, 3.05) is 6.61 Å². The van der Waals surface area contributed by atoms with Gasteiger partial charge in [-0.15, -0.1) is 6.58 Å². The van der Waals surface area contributed by atoms with Crippen molar-refractivity contribution in [1.82, 2.24) is 5.32 Å². The Morgan fingerprint density at radius 2 is 1.95 bits per heavy atom. The van der Waals surface area contributed by atoms with Crippen LogP contribution in [0.25, 0.3) is 6.08 Å². The van der Waals surface area contributed by atoms with Gasteiger partial charge < -0.3 is 14.8 Å². The third-order valence-corrected chi connectivity index (χ3v) is 6.84. The number of ether oxygens (including phenoxy) is 2. The van der Waals surface area contributed by atoms with Crippen molar-refractivity contribution in [1.29, 1.82) is 0 Å². The molecule has 0 spiro atoms. The minimum Gasteiger partial charge on any atom is -0.490 e. The van der Waals surface area contributed by atoms with Gasteiger partial charge in [-0.1, -0.05) is 35.9 Å². The molecule has 190 valence electrons. The van der Waals surface area contributed by atoms with Crippen LogP contribution in [0, 0.1) is 12.7 Å². The molecule has 0 bridgehead atoms. The zero-order valence-electron chi connectivity index (χ0n) is 20.5. The Morgan fingerprint density at radius 1 is 1.16 bits per heavy atom. The summed E-state index contributed by atoms with van der Waals surface area (Å²) < 4.78 is 25.3. The van der Waals surface area contributed by atoms with Gasteiger partial charge in [0.15, 0.2) is 16.7 Å². The van der Waals surface area contributed by atoms with Gasteiger partial charge in [0.2, 0.25) is 0 Å². The predicted octanol–water partition coefficient (Wildman–Crippen LogP) is 7.39. The molecule has 1 saturated heterocycles. The zero-order chi connectivity index (χ0) is 26.4. The minimum atomic E-state index is -0.298. The summed E-state index contributed by atoms with van der Waals surface area (Å²) in [6.07, 6.45) is 4.12. The molecule has 1 amide bonds. The first-order valence-corrected chi connectivity index (χ1v) is 12.9. The van der Waals surface area contributed by atoms with Crippen LogP contribution in [-0.4, -0.2) is 17.7 Å². The lowest BCUT2D eigenvalue weighted by atomic mass is 10.0. The highest BCUT2D eigenvalue weighted by molar-refractivity contribution is 8.18. The maximum Gasteiger partial charge on any atom is 0.264 e. The number of allylic oxidation sites excluding steroid dienone is 1. The molecule has 4 rings (SSSR count). The number of halogens is 2. The average molecular weight is 537 g/mol. The van der Waals surface area contributed by atoms with Crippen molar-refractivity contribution in [2.24, 2.45) is 4.99 Å². The summed E-state index contributed by atoms with van der Waals surface area (Å²) in [5.74, 6) is 0.620. The first-order chi connectivity index (χ1) is 17.9. The van der Waals surface area contributed by atoms with E-state index in [1.807, 2.05) is 38.1 Å². The van der Waals surface area contributed by atoms with Gasteiger partial charge in [0.1, 0.15) is 12.4 Å². The van der Waals surface area contributed by atoms with Crippen molar-refractivity contribution < 1.29 is 18.7 Å². The molecule has 0 radical (unpaired) electrons. The van der Waals surface area contributed by atoms with Crippen LogP contribution in [-0.2, 0) is 17.8 Å². The van der Waals surface area contributed by atoms with E-state index in [9.17, 15) is 9.18 Å². The van der Waals surface area contributed by atoms with Gasteiger partial charge in [0.05, 0.1) is 17.2 Å². The van der Waals surface area contributed by atoms with Crippen molar-refractivity contribution in [3.63, 3.8) is 0 Å². The number of carbonyl (C=O) groups excluding carboxylic acids is 1. The van der Waals surface area contributed by atoms with Crippen LogP contribution >= 0.6 is 23.4 Å². The molecule has 0 aliphatic carbocycles. The molecule has 1 N–H and O–H groups in total. The minimum absolute atomic E-state index is 0.233. The molecule has 8 heteroatoms. The van der Waals surface area contributed by atoms with Crippen LogP contribution in [0.4, 0.5) is 10.1 Å². The second-order valence-corrected chi connectivity index (χ2v) is 9.65. The van der Waals surface area contributed by atoms with E-state index in [1.165, 1.54) is 23.9 Å². The second kappa shape index (κ2) is 12.1. The fourth-order valence-corrected chi connectivity index (χ4v) is 4.70. The molecule has 3 aromatic carbocycles.